The van der Waals surface area contributed by atoms with Gasteiger partial charge in [0.1, 0.15) is 0 Å². The average molecular weight is 503 g/mol. The van der Waals surface area contributed by atoms with Crippen LogP contribution in [0.1, 0.15) is 0 Å². The van der Waals surface area contributed by atoms with E-state index in [-0.39, 0.29) is 71.9 Å². The molecule has 0 spiro atoms. The normalized spacial score (nSPS) is 6.67. The minimum atomic E-state index is 0. The third-order valence-electron chi connectivity index (χ3n) is 1.12. The third-order valence-corrected chi connectivity index (χ3v) is 1.12. The Morgan fingerprint density at radius 1 is 1.08 bits per heavy atom. The largest absolute Gasteiger partial charge is 1.00 e. The van der Waals surface area contributed by atoms with Crippen LogP contribution in [0.2, 0.25) is 0 Å². The fraction of sp³-hybridized carbons (Fsp3) is 0.125. The summed E-state index contributed by atoms with van der Waals surface area (Å²) in [6.45, 7) is 4.52. The molecule has 0 fully saturated rings. The second kappa shape index (κ2) is 12.1. The van der Waals surface area contributed by atoms with Crippen LogP contribution in [-0.4, -0.2) is 0 Å². The van der Waals surface area contributed by atoms with E-state index in [1.165, 1.54) is 0 Å². The molecule has 0 saturated carbocycles. The van der Waals surface area contributed by atoms with Crippen LogP contribution in [0, 0.1) is 0 Å². The molecule has 1 rings (SSSR count). The highest BCUT2D eigenvalue weighted by Gasteiger charge is 1.88. The summed E-state index contributed by atoms with van der Waals surface area (Å²) < 4.78 is 2.06. The molecule has 0 aromatic carbocycles. The predicted octanol–water partition coefficient (Wildman–Crippen LogP) is -0.600. The van der Waals surface area contributed by atoms with Crippen molar-refractivity contribution < 1.29 is 28.5 Å². The molecular weight excluding hydrogens is 491 g/mol. The Hall–Kier alpha value is 1.08. The summed E-state index contributed by atoms with van der Waals surface area (Å²) in [7, 11) is 0. The molecule has 0 bridgehead atoms. The molecule has 0 atom stereocenters. The molecule has 4 heteroatoms. The van der Waals surface area contributed by atoms with E-state index in [0.717, 1.165) is 6.54 Å². The third kappa shape index (κ3) is 7.71. The van der Waals surface area contributed by atoms with Crippen LogP contribution >= 0.6 is 48.0 Å². The van der Waals surface area contributed by atoms with Gasteiger partial charge in [-0.2, -0.15) is 0 Å². The molecule has 1 heterocycles. The summed E-state index contributed by atoms with van der Waals surface area (Å²) in [5.41, 5.74) is 0. The zero-order valence-corrected chi connectivity index (χ0v) is 13.3. The van der Waals surface area contributed by atoms with E-state index in [9.17, 15) is 0 Å². The fourth-order valence-electron chi connectivity index (χ4n) is 0.705. The SMILES string of the molecule is C=CC[n+]1ccccc1.I.I.[I-]. The summed E-state index contributed by atoms with van der Waals surface area (Å²) in [5, 5.41) is 0. The van der Waals surface area contributed by atoms with Crippen LogP contribution in [0.25, 0.3) is 0 Å². The number of hydrogen-bond acceptors (Lipinski definition) is 0. The lowest BCUT2D eigenvalue weighted by molar-refractivity contribution is -0.687. The molecule has 0 amide bonds. The van der Waals surface area contributed by atoms with Gasteiger partial charge in [0.2, 0.25) is 0 Å². The average Bonchev–Trinajstić information content (AvgIpc) is 1.91. The van der Waals surface area contributed by atoms with E-state index in [2.05, 4.69) is 11.1 Å². The Balaban J connectivity index is -0.000000270. The Morgan fingerprint density at radius 3 is 2.00 bits per heavy atom. The number of allylic oxidation sites excluding steroid dienone is 1. The van der Waals surface area contributed by atoms with Gasteiger partial charge < -0.3 is 24.0 Å². The first-order chi connectivity index (χ1) is 4.43. The van der Waals surface area contributed by atoms with Crippen molar-refractivity contribution in [3.05, 3.63) is 43.2 Å². The summed E-state index contributed by atoms with van der Waals surface area (Å²) in [6, 6.07) is 6.01. The quantitative estimate of drug-likeness (QED) is 0.289. The minimum Gasteiger partial charge on any atom is -1.00 e. The Labute approximate surface area is 125 Å². The first-order valence-electron chi connectivity index (χ1n) is 2.98. The molecule has 0 aliphatic carbocycles. The predicted molar refractivity (Wildman–Crippen MR) is 67.7 cm³/mol. The zero-order valence-electron chi connectivity index (χ0n) is 6.52. The minimum absolute atomic E-state index is 0. The van der Waals surface area contributed by atoms with E-state index in [0.29, 0.717) is 0 Å². The Morgan fingerprint density at radius 2 is 1.58 bits per heavy atom. The van der Waals surface area contributed by atoms with E-state index >= 15 is 0 Å². The zero-order chi connectivity index (χ0) is 6.53. The van der Waals surface area contributed by atoms with Crippen molar-refractivity contribution in [2.24, 2.45) is 0 Å². The van der Waals surface area contributed by atoms with Crippen molar-refractivity contribution in [2.45, 2.75) is 6.54 Å². The highest BCUT2D eigenvalue weighted by Crippen LogP contribution is 1.75. The lowest BCUT2D eigenvalue weighted by atomic mass is 10.5. The molecule has 1 aromatic rings. The van der Waals surface area contributed by atoms with E-state index in [1.807, 2.05) is 36.7 Å². The Bertz CT molecular complexity index is 189. The number of hydrogen-bond donors (Lipinski definition) is 0. The summed E-state index contributed by atoms with van der Waals surface area (Å²) >= 11 is 0. The van der Waals surface area contributed by atoms with E-state index in [4.69, 9.17) is 0 Å². The van der Waals surface area contributed by atoms with Crippen molar-refractivity contribution in [2.75, 3.05) is 0 Å². The van der Waals surface area contributed by atoms with Gasteiger partial charge in [0.25, 0.3) is 0 Å². The van der Waals surface area contributed by atoms with Crippen LogP contribution in [0.3, 0.4) is 0 Å². The fourth-order valence-corrected chi connectivity index (χ4v) is 0.705. The summed E-state index contributed by atoms with van der Waals surface area (Å²) in [5.74, 6) is 0. The van der Waals surface area contributed by atoms with E-state index in [1.54, 1.807) is 0 Å². The molecule has 0 radical (unpaired) electrons. The van der Waals surface area contributed by atoms with Crippen molar-refractivity contribution in [3.8, 4) is 0 Å². The molecule has 0 aliphatic heterocycles. The van der Waals surface area contributed by atoms with Gasteiger partial charge in [-0.25, -0.2) is 4.57 Å². The lowest BCUT2D eigenvalue weighted by Gasteiger charge is -1.86. The van der Waals surface area contributed by atoms with E-state index < -0.39 is 0 Å². The van der Waals surface area contributed by atoms with Crippen LogP contribution < -0.4 is 28.5 Å². The molecule has 0 unspecified atom stereocenters. The maximum atomic E-state index is 3.64. The molecule has 0 saturated heterocycles. The highest BCUT2D eigenvalue weighted by atomic mass is 127. The topological polar surface area (TPSA) is 3.88 Å². The summed E-state index contributed by atoms with van der Waals surface area (Å²) in [6.07, 6.45) is 5.91. The van der Waals surface area contributed by atoms with Gasteiger partial charge in [-0.3, -0.25) is 0 Å². The molecule has 12 heavy (non-hydrogen) atoms. The van der Waals surface area contributed by atoms with Crippen LogP contribution in [0.15, 0.2) is 43.2 Å². The molecule has 1 nitrogen and oxygen atoms in total. The van der Waals surface area contributed by atoms with Crippen molar-refractivity contribution in [1.82, 2.24) is 0 Å². The van der Waals surface area contributed by atoms with Gasteiger partial charge in [0, 0.05) is 12.1 Å². The second-order valence-electron chi connectivity index (χ2n) is 1.86. The second-order valence-corrected chi connectivity index (χ2v) is 1.86. The van der Waals surface area contributed by atoms with Gasteiger partial charge in [-0.15, -0.1) is 48.0 Å². The van der Waals surface area contributed by atoms with Crippen LogP contribution in [0.4, 0.5) is 0 Å². The number of pyridine rings is 1. The Kier molecular flexibility index (Phi) is 18.9. The van der Waals surface area contributed by atoms with Gasteiger partial charge in [0.15, 0.2) is 18.9 Å². The standard InChI is InChI=1S/C8H10N.3HI/c1-2-6-9-7-4-3-5-8-9;;;/h2-5,7-8H,1,6H2;3*1H/q+1;;;/p-1. The van der Waals surface area contributed by atoms with Crippen molar-refractivity contribution in [1.29, 1.82) is 0 Å². The maximum absolute atomic E-state index is 3.64. The van der Waals surface area contributed by atoms with Crippen molar-refractivity contribution >= 4 is 48.0 Å². The molecule has 1 aromatic heterocycles. The molecular formula is C8H12I3N. The molecule has 0 N–H and O–H groups in total. The smallest absolute Gasteiger partial charge is 0.169 e. The highest BCUT2D eigenvalue weighted by molar-refractivity contribution is 14.0. The van der Waals surface area contributed by atoms with Gasteiger partial charge in [0.05, 0.1) is 0 Å². The van der Waals surface area contributed by atoms with Crippen LogP contribution in [-0.2, 0) is 6.54 Å². The maximum Gasteiger partial charge on any atom is 0.169 e. The van der Waals surface area contributed by atoms with Crippen LogP contribution in [0.5, 0.6) is 0 Å². The number of nitrogens with zero attached hydrogens (tertiary/aromatic N) is 1. The van der Waals surface area contributed by atoms with Gasteiger partial charge >= 0.3 is 0 Å². The first kappa shape index (κ1) is 18.8. The molecule has 70 valence electrons. The van der Waals surface area contributed by atoms with Crippen molar-refractivity contribution in [3.63, 3.8) is 0 Å². The lowest BCUT2D eigenvalue weighted by Crippen LogP contribution is -3.00. The monoisotopic (exact) mass is 503 g/mol. The van der Waals surface area contributed by atoms with Gasteiger partial charge in [-0.1, -0.05) is 12.6 Å². The number of halogens is 3. The first-order valence-corrected chi connectivity index (χ1v) is 2.98. The number of aromatic nitrogens is 1. The molecule has 0 aliphatic rings. The summed E-state index contributed by atoms with van der Waals surface area (Å²) in [4.78, 5) is 0. The van der Waals surface area contributed by atoms with Gasteiger partial charge in [-0.05, 0) is 6.08 Å². The number of rotatable bonds is 2.